The number of nitrogens with zero attached hydrogens (tertiary/aromatic N) is 2. The van der Waals surface area contributed by atoms with E-state index in [4.69, 9.17) is 5.11 Å². The molecule has 2 aromatic rings. The number of hydrogen-bond acceptors (Lipinski definition) is 3. The second-order valence-corrected chi connectivity index (χ2v) is 3.86. The molecule has 0 atom stereocenters. The molecule has 0 amide bonds. The molecule has 1 aromatic heterocycles. The molecule has 0 aliphatic carbocycles. The summed E-state index contributed by atoms with van der Waals surface area (Å²) in [5, 5.41) is 8.92. The molecule has 4 heteroatoms. The van der Waals surface area contributed by atoms with Crippen molar-refractivity contribution in [3.8, 4) is 11.4 Å². The van der Waals surface area contributed by atoms with E-state index < -0.39 is 5.97 Å². The van der Waals surface area contributed by atoms with Gasteiger partial charge >= 0.3 is 5.97 Å². The molecule has 1 N–H and O–H groups in total. The second-order valence-electron chi connectivity index (χ2n) is 3.86. The van der Waals surface area contributed by atoms with Crippen molar-refractivity contribution in [1.82, 2.24) is 9.97 Å². The summed E-state index contributed by atoms with van der Waals surface area (Å²) in [5.74, 6) is -0.387. The standard InChI is InChI=1S/C13H12N2O2/c1-8-6-9(2)15-12(14-8)10-4-3-5-11(7-10)13(16)17/h3-7H,1-2H3,(H,16,17). The van der Waals surface area contributed by atoms with Gasteiger partial charge in [-0.2, -0.15) is 0 Å². The predicted octanol–water partition coefficient (Wildman–Crippen LogP) is 2.46. The highest BCUT2D eigenvalue weighted by Gasteiger charge is 2.07. The average Bonchev–Trinajstić information content (AvgIpc) is 2.28. The zero-order chi connectivity index (χ0) is 12.4. The highest BCUT2D eigenvalue weighted by Crippen LogP contribution is 2.17. The molecule has 1 aromatic carbocycles. The van der Waals surface area contributed by atoms with E-state index in [1.54, 1.807) is 24.3 Å². The smallest absolute Gasteiger partial charge is 0.335 e. The van der Waals surface area contributed by atoms with E-state index in [1.165, 1.54) is 0 Å². The maximum absolute atomic E-state index is 10.9. The van der Waals surface area contributed by atoms with Crippen molar-refractivity contribution in [3.63, 3.8) is 0 Å². The average molecular weight is 228 g/mol. The van der Waals surface area contributed by atoms with Crippen LogP contribution >= 0.6 is 0 Å². The third-order valence-electron chi connectivity index (χ3n) is 2.35. The number of hydrogen-bond donors (Lipinski definition) is 1. The number of carboxylic acids is 1. The van der Waals surface area contributed by atoms with Gasteiger partial charge in [-0.1, -0.05) is 12.1 Å². The van der Waals surface area contributed by atoms with Crippen molar-refractivity contribution in [1.29, 1.82) is 0 Å². The molecule has 86 valence electrons. The fraction of sp³-hybridized carbons (Fsp3) is 0.154. The number of carbonyl (C=O) groups is 1. The third-order valence-corrected chi connectivity index (χ3v) is 2.35. The van der Waals surface area contributed by atoms with Crippen LogP contribution in [0.4, 0.5) is 0 Å². The lowest BCUT2D eigenvalue weighted by molar-refractivity contribution is 0.0697. The number of benzene rings is 1. The molecule has 0 radical (unpaired) electrons. The Labute approximate surface area is 99.0 Å². The molecule has 17 heavy (non-hydrogen) atoms. The Balaban J connectivity index is 2.52. The van der Waals surface area contributed by atoms with Crippen LogP contribution in [0, 0.1) is 13.8 Å². The molecule has 0 unspecified atom stereocenters. The Hall–Kier alpha value is -2.23. The van der Waals surface area contributed by atoms with Gasteiger partial charge in [-0.05, 0) is 32.0 Å². The first kappa shape index (κ1) is 11.3. The van der Waals surface area contributed by atoms with Gasteiger partial charge in [-0.25, -0.2) is 14.8 Å². The summed E-state index contributed by atoms with van der Waals surface area (Å²) >= 11 is 0. The van der Waals surface area contributed by atoms with Crippen molar-refractivity contribution in [2.75, 3.05) is 0 Å². The Morgan fingerprint density at radius 1 is 1.12 bits per heavy atom. The van der Waals surface area contributed by atoms with Crippen LogP contribution in [0.3, 0.4) is 0 Å². The first-order valence-corrected chi connectivity index (χ1v) is 5.22. The number of carboxylic acid groups (broad SMARTS) is 1. The highest BCUT2D eigenvalue weighted by molar-refractivity contribution is 5.89. The van der Waals surface area contributed by atoms with Gasteiger partial charge in [0.2, 0.25) is 0 Å². The van der Waals surface area contributed by atoms with Gasteiger partial charge in [0.25, 0.3) is 0 Å². The van der Waals surface area contributed by atoms with Gasteiger partial charge in [-0.15, -0.1) is 0 Å². The van der Waals surface area contributed by atoms with E-state index in [9.17, 15) is 4.79 Å². The highest BCUT2D eigenvalue weighted by atomic mass is 16.4. The monoisotopic (exact) mass is 228 g/mol. The first-order chi connectivity index (χ1) is 8.06. The van der Waals surface area contributed by atoms with E-state index in [0.29, 0.717) is 5.82 Å². The van der Waals surface area contributed by atoms with Crippen molar-refractivity contribution >= 4 is 5.97 Å². The fourth-order valence-electron chi connectivity index (χ4n) is 1.65. The van der Waals surface area contributed by atoms with E-state index in [1.807, 2.05) is 19.9 Å². The predicted molar refractivity (Wildman–Crippen MR) is 63.9 cm³/mol. The third kappa shape index (κ3) is 2.47. The summed E-state index contributed by atoms with van der Waals surface area (Å²) in [6.45, 7) is 3.78. The molecule has 0 aliphatic rings. The Morgan fingerprint density at radius 2 is 1.76 bits per heavy atom. The summed E-state index contributed by atoms with van der Waals surface area (Å²) in [4.78, 5) is 19.5. The van der Waals surface area contributed by atoms with Gasteiger partial charge in [0.15, 0.2) is 5.82 Å². The van der Waals surface area contributed by atoms with Crippen molar-refractivity contribution in [3.05, 3.63) is 47.3 Å². The quantitative estimate of drug-likeness (QED) is 0.857. The molecule has 0 bridgehead atoms. The van der Waals surface area contributed by atoms with Gasteiger partial charge < -0.3 is 5.11 Å². The summed E-state index contributed by atoms with van der Waals surface area (Å²) in [7, 11) is 0. The minimum Gasteiger partial charge on any atom is -0.478 e. The van der Waals surface area contributed by atoms with Crippen LogP contribution in [-0.2, 0) is 0 Å². The molecule has 0 fully saturated rings. The molecule has 0 spiro atoms. The molecule has 1 heterocycles. The largest absolute Gasteiger partial charge is 0.478 e. The van der Waals surface area contributed by atoms with Crippen LogP contribution < -0.4 is 0 Å². The zero-order valence-corrected chi connectivity index (χ0v) is 9.64. The maximum atomic E-state index is 10.9. The second kappa shape index (κ2) is 4.33. The number of rotatable bonds is 2. The molecular formula is C13H12N2O2. The van der Waals surface area contributed by atoms with Gasteiger partial charge in [0, 0.05) is 17.0 Å². The lowest BCUT2D eigenvalue weighted by Gasteiger charge is -2.04. The Bertz CT molecular complexity index is 559. The van der Waals surface area contributed by atoms with E-state index in [2.05, 4.69) is 9.97 Å². The topological polar surface area (TPSA) is 63.1 Å². The Kier molecular flexibility index (Phi) is 2.87. The fourth-order valence-corrected chi connectivity index (χ4v) is 1.65. The van der Waals surface area contributed by atoms with Crippen molar-refractivity contribution in [2.24, 2.45) is 0 Å². The number of aromatic carboxylic acids is 1. The van der Waals surface area contributed by atoms with Crippen molar-refractivity contribution < 1.29 is 9.90 Å². The summed E-state index contributed by atoms with van der Waals surface area (Å²) in [5.41, 5.74) is 2.70. The summed E-state index contributed by atoms with van der Waals surface area (Å²) in [6.07, 6.45) is 0. The molecule has 4 nitrogen and oxygen atoms in total. The van der Waals surface area contributed by atoms with Gasteiger partial charge in [0.05, 0.1) is 5.56 Å². The Morgan fingerprint density at radius 3 is 2.35 bits per heavy atom. The van der Waals surface area contributed by atoms with Crippen LogP contribution in [-0.4, -0.2) is 21.0 Å². The summed E-state index contributed by atoms with van der Waals surface area (Å²) in [6, 6.07) is 8.51. The van der Waals surface area contributed by atoms with Crippen LogP contribution in [0.2, 0.25) is 0 Å². The minimum atomic E-state index is -0.948. The van der Waals surface area contributed by atoms with E-state index >= 15 is 0 Å². The zero-order valence-electron chi connectivity index (χ0n) is 9.64. The van der Waals surface area contributed by atoms with Crippen LogP contribution in [0.5, 0.6) is 0 Å². The van der Waals surface area contributed by atoms with Crippen LogP contribution in [0.1, 0.15) is 21.7 Å². The molecule has 0 saturated heterocycles. The summed E-state index contributed by atoms with van der Waals surface area (Å²) < 4.78 is 0. The van der Waals surface area contributed by atoms with Gasteiger partial charge in [0.1, 0.15) is 0 Å². The van der Waals surface area contributed by atoms with Crippen molar-refractivity contribution in [2.45, 2.75) is 13.8 Å². The van der Waals surface area contributed by atoms with E-state index in [0.717, 1.165) is 17.0 Å². The SMILES string of the molecule is Cc1cc(C)nc(-c2cccc(C(=O)O)c2)n1. The lowest BCUT2D eigenvalue weighted by Crippen LogP contribution is -1.98. The molecule has 0 saturated carbocycles. The molecule has 2 rings (SSSR count). The van der Waals surface area contributed by atoms with Crippen LogP contribution in [0.15, 0.2) is 30.3 Å². The van der Waals surface area contributed by atoms with Crippen LogP contribution in [0.25, 0.3) is 11.4 Å². The van der Waals surface area contributed by atoms with Gasteiger partial charge in [-0.3, -0.25) is 0 Å². The molecular weight excluding hydrogens is 216 g/mol. The first-order valence-electron chi connectivity index (χ1n) is 5.22. The maximum Gasteiger partial charge on any atom is 0.335 e. The number of aromatic nitrogens is 2. The minimum absolute atomic E-state index is 0.241. The molecule has 0 aliphatic heterocycles. The normalized spacial score (nSPS) is 10.2. The number of aryl methyl sites for hydroxylation is 2. The van der Waals surface area contributed by atoms with E-state index in [-0.39, 0.29) is 5.56 Å². The lowest BCUT2D eigenvalue weighted by atomic mass is 10.1.